The zero-order valence-electron chi connectivity index (χ0n) is 15.5. The maximum Gasteiger partial charge on any atom is 0.227 e. The summed E-state index contributed by atoms with van der Waals surface area (Å²) >= 11 is 5.40. The van der Waals surface area contributed by atoms with Crippen LogP contribution in [0, 0.1) is 0 Å². The van der Waals surface area contributed by atoms with Gasteiger partial charge < -0.3 is 10.6 Å². The molecule has 3 heterocycles. The van der Waals surface area contributed by atoms with Gasteiger partial charge in [-0.2, -0.15) is 0 Å². The van der Waals surface area contributed by atoms with Crippen LogP contribution in [-0.2, 0) is 32.0 Å². The summed E-state index contributed by atoms with van der Waals surface area (Å²) in [5.74, 6) is 0.612. The predicted molar refractivity (Wildman–Crippen MR) is 117 cm³/mol. The zero-order valence-corrected chi connectivity index (χ0v) is 17.4. The highest BCUT2D eigenvalue weighted by Gasteiger charge is 2.24. The van der Waals surface area contributed by atoms with Gasteiger partial charge in [0.1, 0.15) is 10.7 Å². The average Bonchev–Trinajstić information content (AvgIpc) is 3.12. The van der Waals surface area contributed by atoms with E-state index in [0.717, 1.165) is 67.5 Å². The molecule has 1 aliphatic carbocycles. The van der Waals surface area contributed by atoms with Gasteiger partial charge in [-0.25, -0.2) is 15.0 Å². The Morgan fingerprint density at radius 1 is 1.14 bits per heavy atom. The predicted octanol–water partition coefficient (Wildman–Crippen LogP) is 2.22. The van der Waals surface area contributed by atoms with Gasteiger partial charge in [0.05, 0.1) is 12.2 Å². The highest BCUT2D eigenvalue weighted by atomic mass is 32.1. The third-order valence-electron chi connectivity index (χ3n) is 5.14. The van der Waals surface area contributed by atoms with Gasteiger partial charge in [-0.1, -0.05) is 6.07 Å². The Balaban J connectivity index is 1.41. The molecule has 0 atom stereocenters. The molecule has 5 rings (SSSR count). The molecule has 1 saturated heterocycles. The minimum absolute atomic E-state index is 0.612. The van der Waals surface area contributed by atoms with Crippen LogP contribution in [-0.4, -0.2) is 46.0 Å². The molecule has 1 fully saturated rings. The minimum atomic E-state index is 0.612. The van der Waals surface area contributed by atoms with E-state index >= 15 is 0 Å². The maximum absolute atomic E-state index is 4.98. The van der Waals surface area contributed by atoms with Crippen molar-refractivity contribution in [2.45, 2.75) is 24.3 Å². The Bertz CT molecular complexity index is 996. The Morgan fingerprint density at radius 2 is 2.04 bits per heavy atom. The third-order valence-corrected chi connectivity index (χ3v) is 6.55. The van der Waals surface area contributed by atoms with E-state index in [1.165, 1.54) is 15.4 Å². The number of fused-ring (bicyclic) bond motifs is 3. The average molecular weight is 412 g/mol. The van der Waals surface area contributed by atoms with E-state index in [2.05, 4.69) is 33.1 Å². The van der Waals surface area contributed by atoms with Crippen molar-refractivity contribution in [2.24, 2.45) is 0 Å². The Morgan fingerprint density at radius 3 is 2.89 bits per heavy atom. The normalized spacial score (nSPS) is 16.5. The summed E-state index contributed by atoms with van der Waals surface area (Å²) < 4.78 is 0. The molecular formula is C20H23N6S2+. The van der Waals surface area contributed by atoms with E-state index in [1.54, 1.807) is 0 Å². The fourth-order valence-corrected chi connectivity index (χ4v) is 5.08. The van der Waals surface area contributed by atoms with Crippen LogP contribution in [0.4, 0.5) is 11.6 Å². The molecule has 6 nitrogen and oxygen atoms in total. The van der Waals surface area contributed by atoms with Gasteiger partial charge >= 0.3 is 0 Å². The minimum Gasteiger partial charge on any atom is -0.324 e. The van der Waals surface area contributed by atoms with E-state index in [0.29, 0.717) is 5.95 Å². The van der Waals surface area contributed by atoms with Crippen molar-refractivity contribution in [1.82, 2.24) is 25.2 Å². The van der Waals surface area contributed by atoms with Crippen molar-refractivity contribution in [3.63, 3.8) is 0 Å². The molecule has 2 aliphatic rings. The van der Waals surface area contributed by atoms with E-state index in [4.69, 9.17) is 9.97 Å². The van der Waals surface area contributed by atoms with Crippen molar-refractivity contribution in [1.29, 1.82) is 0 Å². The monoisotopic (exact) mass is 411 g/mol. The molecule has 8 heteroatoms. The molecule has 0 bridgehead atoms. The first-order chi connectivity index (χ1) is 13.7. The number of rotatable bonds is 4. The van der Waals surface area contributed by atoms with Gasteiger partial charge in [0.15, 0.2) is 4.90 Å². The second kappa shape index (κ2) is 7.79. The molecule has 1 aliphatic heterocycles. The first-order valence-electron chi connectivity index (χ1n) is 9.61. The molecule has 3 aromatic rings. The molecule has 0 amide bonds. The summed E-state index contributed by atoms with van der Waals surface area (Å²) in [6, 6.07) is 8.01. The van der Waals surface area contributed by atoms with Crippen LogP contribution in [0.5, 0.6) is 0 Å². The molecule has 2 N–H and O–H groups in total. The van der Waals surface area contributed by atoms with Gasteiger partial charge in [0.2, 0.25) is 5.95 Å². The number of thiazole rings is 1. The highest BCUT2D eigenvalue weighted by Crippen LogP contribution is 2.36. The van der Waals surface area contributed by atoms with Crippen LogP contribution in [0.3, 0.4) is 0 Å². The van der Waals surface area contributed by atoms with Gasteiger partial charge in [-0.15, -0.1) is 11.3 Å². The topological polar surface area (TPSA) is 66.0 Å². The summed E-state index contributed by atoms with van der Waals surface area (Å²) in [5.41, 5.74) is 4.18. The van der Waals surface area contributed by atoms with Crippen LogP contribution < -0.4 is 10.6 Å². The highest BCUT2D eigenvalue weighted by molar-refractivity contribution is 7.58. The Labute approximate surface area is 173 Å². The molecule has 144 valence electrons. The van der Waals surface area contributed by atoms with E-state index in [-0.39, 0.29) is 0 Å². The first kappa shape index (κ1) is 18.1. The molecule has 0 unspecified atom stereocenters. The lowest BCUT2D eigenvalue weighted by molar-refractivity contribution is 0.233. The van der Waals surface area contributed by atoms with Gasteiger partial charge in [-0.05, 0) is 43.2 Å². The molecular weight excluding hydrogens is 388 g/mol. The number of hydrogen-bond donors (Lipinski definition) is 2. The SMILES string of the molecule is [SH2+]c1cccc(Nc2ncc3c(n2)-c2nc(CN4CCNCC4)sc2CC3)c1. The number of anilines is 2. The van der Waals surface area contributed by atoms with Crippen molar-refractivity contribution in [2.75, 3.05) is 31.5 Å². The maximum atomic E-state index is 4.98. The van der Waals surface area contributed by atoms with E-state index in [1.807, 2.05) is 41.8 Å². The Hall–Kier alpha value is -2.00. The van der Waals surface area contributed by atoms with Crippen molar-refractivity contribution < 1.29 is 0 Å². The molecule has 0 spiro atoms. The summed E-state index contributed by atoms with van der Waals surface area (Å²) in [7, 11) is 0. The smallest absolute Gasteiger partial charge is 0.227 e. The van der Waals surface area contributed by atoms with Gasteiger partial charge in [-0.3, -0.25) is 4.90 Å². The summed E-state index contributed by atoms with van der Waals surface area (Å²) in [6.07, 6.45) is 3.96. The second-order valence-corrected chi connectivity index (χ2v) is 8.92. The first-order valence-corrected chi connectivity index (χ1v) is 10.9. The molecule has 2 aromatic heterocycles. The Kier molecular flexibility index (Phi) is 5.02. The second-order valence-electron chi connectivity index (χ2n) is 7.18. The summed E-state index contributed by atoms with van der Waals surface area (Å²) in [5, 5.41) is 7.91. The fourth-order valence-electron chi connectivity index (χ4n) is 3.71. The lowest BCUT2D eigenvalue weighted by Gasteiger charge is -2.26. The van der Waals surface area contributed by atoms with Crippen LogP contribution in [0.2, 0.25) is 0 Å². The molecule has 0 radical (unpaired) electrons. The summed E-state index contributed by atoms with van der Waals surface area (Å²) in [6.45, 7) is 5.23. The quantitative estimate of drug-likeness (QED) is 0.642. The van der Waals surface area contributed by atoms with Crippen LogP contribution >= 0.6 is 11.3 Å². The van der Waals surface area contributed by atoms with E-state index in [9.17, 15) is 0 Å². The molecule has 1 aromatic carbocycles. The number of piperazine rings is 1. The van der Waals surface area contributed by atoms with Crippen LogP contribution in [0.1, 0.15) is 15.4 Å². The largest absolute Gasteiger partial charge is 0.324 e. The van der Waals surface area contributed by atoms with Crippen molar-refractivity contribution in [3.05, 3.63) is 45.9 Å². The van der Waals surface area contributed by atoms with Crippen molar-refractivity contribution >= 4 is 35.6 Å². The fraction of sp³-hybridized carbons (Fsp3) is 0.350. The number of nitrogens with one attached hydrogen (secondary N) is 2. The van der Waals surface area contributed by atoms with Crippen LogP contribution in [0.25, 0.3) is 11.4 Å². The molecule has 28 heavy (non-hydrogen) atoms. The van der Waals surface area contributed by atoms with E-state index < -0.39 is 0 Å². The van der Waals surface area contributed by atoms with Gasteiger partial charge in [0.25, 0.3) is 0 Å². The van der Waals surface area contributed by atoms with Gasteiger partial charge in [0, 0.05) is 49.0 Å². The summed E-state index contributed by atoms with van der Waals surface area (Å²) in [4.78, 5) is 19.2. The van der Waals surface area contributed by atoms with Crippen molar-refractivity contribution in [3.8, 4) is 11.4 Å². The number of benzene rings is 1. The standard InChI is InChI=1S/C20H22N6S2/c27-15-3-1-2-14(10-15)23-20-22-11-13-4-5-16-19(18(13)25-20)24-17(28-16)12-26-8-6-21-7-9-26/h1-3,10-11,21,27H,4-9,12H2,(H,22,23,25)/p+1. The lowest BCUT2D eigenvalue weighted by Crippen LogP contribution is -2.42. The lowest BCUT2D eigenvalue weighted by atomic mass is 10.00. The zero-order chi connectivity index (χ0) is 18.9. The third kappa shape index (κ3) is 3.77. The number of aryl methyl sites for hydroxylation is 2. The van der Waals surface area contributed by atoms with Crippen LogP contribution in [0.15, 0.2) is 35.4 Å². The number of nitrogens with zero attached hydrogens (tertiary/aromatic N) is 4. The molecule has 0 saturated carbocycles. The number of aromatic nitrogens is 3. The number of hydrogen-bond acceptors (Lipinski definition) is 7.